The number of fused-ring (bicyclic) bond motifs is 1. The van der Waals surface area contributed by atoms with Gasteiger partial charge in [0.15, 0.2) is 0 Å². The Morgan fingerprint density at radius 3 is 3.05 bits per heavy atom. The van der Waals surface area contributed by atoms with Crippen LogP contribution in [-0.4, -0.2) is 24.7 Å². The van der Waals surface area contributed by atoms with Crippen molar-refractivity contribution in [3.05, 3.63) is 42.2 Å². The number of hydrogen-bond donors (Lipinski definition) is 1. The molecule has 0 amide bonds. The molecule has 2 aromatic rings. The highest BCUT2D eigenvalue weighted by Crippen LogP contribution is 2.30. The summed E-state index contributed by atoms with van der Waals surface area (Å²) in [5, 5.41) is 5.90. The first-order valence-corrected chi connectivity index (χ1v) is 7.01. The molecule has 19 heavy (non-hydrogen) atoms. The van der Waals surface area contributed by atoms with Crippen molar-refractivity contribution in [1.82, 2.24) is 10.3 Å². The minimum absolute atomic E-state index is 0.256. The van der Waals surface area contributed by atoms with Crippen molar-refractivity contribution in [2.24, 2.45) is 0 Å². The van der Waals surface area contributed by atoms with Gasteiger partial charge in [0.25, 0.3) is 0 Å². The van der Waals surface area contributed by atoms with Gasteiger partial charge >= 0.3 is 0 Å². The second-order valence-electron chi connectivity index (χ2n) is 5.12. The zero-order valence-corrected chi connectivity index (χ0v) is 11.3. The molecule has 1 N–H and O–H groups in total. The number of benzene rings is 1. The van der Waals surface area contributed by atoms with Gasteiger partial charge < -0.3 is 10.1 Å². The van der Waals surface area contributed by atoms with E-state index in [0.717, 1.165) is 13.0 Å². The van der Waals surface area contributed by atoms with Crippen LogP contribution in [0.4, 0.5) is 0 Å². The average molecular weight is 256 g/mol. The Morgan fingerprint density at radius 2 is 2.26 bits per heavy atom. The largest absolute Gasteiger partial charge is 0.376 e. The number of hydrogen-bond acceptors (Lipinski definition) is 3. The van der Waals surface area contributed by atoms with Gasteiger partial charge in [0, 0.05) is 24.4 Å². The molecule has 1 aliphatic heterocycles. The summed E-state index contributed by atoms with van der Waals surface area (Å²) in [5.74, 6) is 0. The predicted molar refractivity (Wildman–Crippen MR) is 77.1 cm³/mol. The van der Waals surface area contributed by atoms with Crippen molar-refractivity contribution in [3.8, 4) is 0 Å². The molecule has 0 aliphatic carbocycles. The quantitative estimate of drug-likeness (QED) is 0.916. The zero-order valence-electron chi connectivity index (χ0n) is 11.3. The maximum Gasteiger partial charge on any atom is 0.0769 e. The molecule has 2 heterocycles. The molecule has 2 atom stereocenters. The molecule has 0 saturated carbocycles. The molecule has 2 unspecified atom stereocenters. The van der Waals surface area contributed by atoms with Crippen LogP contribution in [0.5, 0.6) is 0 Å². The molecule has 0 spiro atoms. The van der Waals surface area contributed by atoms with Crippen LogP contribution in [0.2, 0.25) is 0 Å². The number of ether oxygens (including phenoxy) is 1. The summed E-state index contributed by atoms with van der Waals surface area (Å²) < 4.78 is 5.96. The third-order valence-electron chi connectivity index (χ3n) is 3.95. The van der Waals surface area contributed by atoms with E-state index in [-0.39, 0.29) is 12.1 Å². The summed E-state index contributed by atoms with van der Waals surface area (Å²) in [6.07, 6.45) is 7.64. The van der Waals surface area contributed by atoms with E-state index in [1.54, 1.807) is 0 Å². The van der Waals surface area contributed by atoms with Crippen LogP contribution < -0.4 is 5.32 Å². The first kappa shape index (κ1) is 12.6. The van der Waals surface area contributed by atoms with Crippen molar-refractivity contribution in [1.29, 1.82) is 0 Å². The van der Waals surface area contributed by atoms with Crippen molar-refractivity contribution in [2.45, 2.75) is 31.4 Å². The highest BCUT2D eigenvalue weighted by atomic mass is 16.5. The number of rotatable bonds is 3. The minimum atomic E-state index is 0.256. The minimum Gasteiger partial charge on any atom is -0.376 e. The van der Waals surface area contributed by atoms with Crippen molar-refractivity contribution >= 4 is 10.8 Å². The molecule has 1 saturated heterocycles. The average Bonchev–Trinajstić information content (AvgIpc) is 2.49. The number of pyridine rings is 1. The van der Waals surface area contributed by atoms with Gasteiger partial charge in [-0.3, -0.25) is 4.98 Å². The van der Waals surface area contributed by atoms with Gasteiger partial charge in [-0.2, -0.15) is 0 Å². The lowest BCUT2D eigenvalue weighted by atomic mass is 9.92. The van der Waals surface area contributed by atoms with Gasteiger partial charge in [0.2, 0.25) is 0 Å². The van der Waals surface area contributed by atoms with Gasteiger partial charge in [-0.05, 0) is 43.3 Å². The molecule has 3 rings (SSSR count). The zero-order chi connectivity index (χ0) is 13.1. The molecule has 0 bridgehead atoms. The molecular weight excluding hydrogens is 236 g/mol. The van der Waals surface area contributed by atoms with Gasteiger partial charge in [-0.25, -0.2) is 0 Å². The maximum absolute atomic E-state index is 5.96. The Morgan fingerprint density at radius 1 is 1.32 bits per heavy atom. The van der Waals surface area contributed by atoms with E-state index in [9.17, 15) is 0 Å². The van der Waals surface area contributed by atoms with Crippen LogP contribution in [0.1, 0.15) is 30.9 Å². The van der Waals surface area contributed by atoms with Gasteiger partial charge in [-0.15, -0.1) is 0 Å². The summed E-state index contributed by atoms with van der Waals surface area (Å²) in [5.41, 5.74) is 1.31. The first-order chi connectivity index (χ1) is 9.40. The highest BCUT2D eigenvalue weighted by Gasteiger charge is 2.25. The second kappa shape index (κ2) is 5.68. The molecule has 1 aromatic carbocycles. The summed E-state index contributed by atoms with van der Waals surface area (Å²) >= 11 is 0. The molecular formula is C16H20N2O. The first-order valence-electron chi connectivity index (χ1n) is 7.01. The number of likely N-dealkylation sites (N-methyl/N-ethyl adjacent to an activating group) is 1. The molecule has 100 valence electrons. The molecule has 1 aromatic heterocycles. The van der Waals surface area contributed by atoms with E-state index in [0.29, 0.717) is 0 Å². The molecule has 0 radical (unpaired) electrons. The lowest BCUT2D eigenvalue weighted by molar-refractivity contribution is -0.00632. The van der Waals surface area contributed by atoms with Crippen LogP contribution in [-0.2, 0) is 4.74 Å². The van der Waals surface area contributed by atoms with Crippen molar-refractivity contribution in [3.63, 3.8) is 0 Å². The Balaban J connectivity index is 2.00. The summed E-state index contributed by atoms with van der Waals surface area (Å²) in [6.45, 7) is 0.884. The second-order valence-corrected chi connectivity index (χ2v) is 5.12. The fraction of sp³-hybridized carbons (Fsp3) is 0.438. The lowest BCUT2D eigenvalue weighted by Gasteiger charge is -2.31. The lowest BCUT2D eigenvalue weighted by Crippen LogP contribution is -2.34. The third-order valence-corrected chi connectivity index (χ3v) is 3.95. The van der Waals surface area contributed by atoms with Crippen LogP contribution >= 0.6 is 0 Å². The van der Waals surface area contributed by atoms with E-state index in [1.165, 1.54) is 29.2 Å². The van der Waals surface area contributed by atoms with Crippen molar-refractivity contribution < 1.29 is 4.74 Å². The smallest absolute Gasteiger partial charge is 0.0769 e. The summed E-state index contributed by atoms with van der Waals surface area (Å²) in [6, 6.07) is 8.76. The van der Waals surface area contributed by atoms with E-state index >= 15 is 0 Å². The number of nitrogens with one attached hydrogen (secondary N) is 1. The fourth-order valence-electron chi connectivity index (χ4n) is 2.99. The molecule has 3 heteroatoms. The summed E-state index contributed by atoms with van der Waals surface area (Å²) in [7, 11) is 2.02. The Bertz CT molecular complexity index is 544. The highest BCUT2D eigenvalue weighted by molar-refractivity contribution is 5.85. The predicted octanol–water partition coefficient (Wildman–Crippen LogP) is 3.06. The standard InChI is InChI=1S/C16H20N2O/c1-17-16(15-7-2-3-10-19-15)14-6-4-5-12-11-18-9-8-13(12)14/h4-6,8-9,11,15-17H,2-3,7,10H2,1H3. The maximum atomic E-state index is 5.96. The van der Waals surface area contributed by atoms with Crippen LogP contribution in [0, 0.1) is 0 Å². The summed E-state index contributed by atoms with van der Waals surface area (Å²) in [4.78, 5) is 4.20. The van der Waals surface area contributed by atoms with E-state index in [1.807, 2.05) is 19.4 Å². The van der Waals surface area contributed by atoms with E-state index in [2.05, 4.69) is 34.6 Å². The van der Waals surface area contributed by atoms with Gasteiger partial charge in [0.1, 0.15) is 0 Å². The third kappa shape index (κ3) is 2.48. The Kier molecular flexibility index (Phi) is 3.76. The molecule has 1 fully saturated rings. The van der Waals surface area contributed by atoms with Crippen LogP contribution in [0.15, 0.2) is 36.7 Å². The van der Waals surface area contributed by atoms with Gasteiger partial charge in [0.05, 0.1) is 12.1 Å². The van der Waals surface area contributed by atoms with Crippen molar-refractivity contribution in [2.75, 3.05) is 13.7 Å². The number of nitrogens with zero attached hydrogens (tertiary/aromatic N) is 1. The molecule has 1 aliphatic rings. The topological polar surface area (TPSA) is 34.2 Å². The number of aromatic nitrogens is 1. The van der Waals surface area contributed by atoms with E-state index < -0.39 is 0 Å². The van der Waals surface area contributed by atoms with Crippen LogP contribution in [0.25, 0.3) is 10.8 Å². The van der Waals surface area contributed by atoms with Crippen LogP contribution in [0.3, 0.4) is 0 Å². The Hall–Kier alpha value is -1.45. The molecule has 3 nitrogen and oxygen atoms in total. The monoisotopic (exact) mass is 256 g/mol. The Labute approximate surface area is 114 Å². The van der Waals surface area contributed by atoms with E-state index in [4.69, 9.17) is 4.74 Å². The normalized spacial score (nSPS) is 21.4. The fourth-order valence-corrected chi connectivity index (χ4v) is 2.99. The SMILES string of the molecule is CNC(c1cccc2cnccc12)C1CCCCO1. The van der Waals surface area contributed by atoms with Gasteiger partial charge in [-0.1, -0.05) is 18.2 Å².